The minimum absolute atomic E-state index is 0.292. The third-order valence-electron chi connectivity index (χ3n) is 3.64. The monoisotopic (exact) mass is 295 g/mol. The van der Waals surface area contributed by atoms with Crippen LogP contribution >= 0.6 is 0 Å². The number of aromatic nitrogens is 2. The van der Waals surface area contributed by atoms with E-state index < -0.39 is 11.7 Å². The summed E-state index contributed by atoms with van der Waals surface area (Å²) in [6.07, 6.45) is 1.53. The summed E-state index contributed by atoms with van der Waals surface area (Å²) in [5, 5.41) is 0.687. The standard InChI is InChI=1S/C17H14FN3O/c1-10(16-13(18)6-4-8-20-16)15-9-12(17(19)22)11-5-2-3-7-14(11)21-15/h2-10H,1H3,(H2,19,22). The molecule has 0 bridgehead atoms. The van der Waals surface area contributed by atoms with Crippen LogP contribution < -0.4 is 5.73 Å². The SMILES string of the molecule is CC(c1cc(C(N)=O)c2ccccc2n1)c1ncccc1F. The largest absolute Gasteiger partial charge is 0.366 e. The van der Waals surface area contributed by atoms with Gasteiger partial charge in [-0.3, -0.25) is 14.8 Å². The smallest absolute Gasteiger partial charge is 0.249 e. The Morgan fingerprint density at radius 3 is 2.73 bits per heavy atom. The Hall–Kier alpha value is -2.82. The molecule has 0 saturated heterocycles. The number of primary amides is 1. The molecule has 2 N–H and O–H groups in total. The molecule has 0 spiro atoms. The summed E-state index contributed by atoms with van der Waals surface area (Å²) in [6.45, 7) is 1.80. The molecule has 0 fully saturated rings. The molecule has 110 valence electrons. The van der Waals surface area contributed by atoms with Gasteiger partial charge in [-0.25, -0.2) is 4.39 Å². The van der Waals surface area contributed by atoms with Crippen LogP contribution in [0.5, 0.6) is 0 Å². The van der Waals surface area contributed by atoms with Crippen molar-refractivity contribution in [3.8, 4) is 0 Å². The summed E-state index contributed by atoms with van der Waals surface area (Å²) >= 11 is 0. The molecule has 1 atom stereocenters. The Bertz CT molecular complexity index is 863. The fourth-order valence-corrected chi connectivity index (χ4v) is 2.48. The number of carbonyl (C=O) groups excluding carboxylic acids is 1. The van der Waals surface area contributed by atoms with E-state index in [1.54, 1.807) is 25.1 Å². The van der Waals surface area contributed by atoms with E-state index in [0.717, 1.165) is 0 Å². The molecule has 1 unspecified atom stereocenters. The van der Waals surface area contributed by atoms with E-state index in [2.05, 4.69) is 9.97 Å². The fraction of sp³-hybridized carbons (Fsp3) is 0.118. The topological polar surface area (TPSA) is 68.9 Å². The van der Waals surface area contributed by atoms with Gasteiger partial charge < -0.3 is 5.73 Å². The normalized spacial score (nSPS) is 12.3. The van der Waals surface area contributed by atoms with Gasteiger partial charge in [-0.05, 0) is 24.3 Å². The highest BCUT2D eigenvalue weighted by molar-refractivity contribution is 6.05. The van der Waals surface area contributed by atoms with Crippen molar-refractivity contribution in [2.24, 2.45) is 5.73 Å². The van der Waals surface area contributed by atoms with Crippen LogP contribution in [0.3, 0.4) is 0 Å². The average Bonchev–Trinajstić information content (AvgIpc) is 2.53. The molecule has 1 amide bonds. The van der Waals surface area contributed by atoms with Crippen LogP contribution in [-0.4, -0.2) is 15.9 Å². The van der Waals surface area contributed by atoms with E-state index >= 15 is 0 Å². The first kappa shape index (κ1) is 14.1. The van der Waals surface area contributed by atoms with E-state index in [1.807, 2.05) is 12.1 Å². The second-order valence-corrected chi connectivity index (χ2v) is 5.07. The first-order valence-electron chi connectivity index (χ1n) is 6.88. The van der Waals surface area contributed by atoms with Gasteiger partial charge in [-0.15, -0.1) is 0 Å². The van der Waals surface area contributed by atoms with Gasteiger partial charge in [0.2, 0.25) is 5.91 Å². The molecule has 1 aromatic carbocycles. The second-order valence-electron chi connectivity index (χ2n) is 5.07. The Balaban J connectivity index is 2.19. The molecule has 3 rings (SSSR count). The van der Waals surface area contributed by atoms with Crippen LogP contribution in [0.4, 0.5) is 4.39 Å². The third-order valence-corrected chi connectivity index (χ3v) is 3.64. The Morgan fingerprint density at radius 1 is 1.23 bits per heavy atom. The van der Waals surface area contributed by atoms with E-state index in [-0.39, 0.29) is 5.92 Å². The number of carbonyl (C=O) groups is 1. The van der Waals surface area contributed by atoms with E-state index in [9.17, 15) is 9.18 Å². The van der Waals surface area contributed by atoms with Gasteiger partial charge in [0.15, 0.2) is 0 Å². The maximum atomic E-state index is 13.9. The lowest BCUT2D eigenvalue weighted by Gasteiger charge is -2.14. The predicted molar refractivity (Wildman–Crippen MR) is 82.0 cm³/mol. The lowest BCUT2D eigenvalue weighted by atomic mass is 9.98. The van der Waals surface area contributed by atoms with Crippen molar-refractivity contribution in [1.82, 2.24) is 9.97 Å². The van der Waals surface area contributed by atoms with Crippen LogP contribution in [0, 0.1) is 5.82 Å². The van der Waals surface area contributed by atoms with Crippen molar-refractivity contribution in [2.75, 3.05) is 0 Å². The number of rotatable bonds is 3. The Labute approximate surface area is 126 Å². The van der Waals surface area contributed by atoms with Crippen LogP contribution in [0.25, 0.3) is 10.9 Å². The number of amides is 1. The lowest BCUT2D eigenvalue weighted by Crippen LogP contribution is -2.14. The van der Waals surface area contributed by atoms with Crippen molar-refractivity contribution in [2.45, 2.75) is 12.8 Å². The Kier molecular flexibility index (Phi) is 3.55. The molecular weight excluding hydrogens is 281 g/mol. The Morgan fingerprint density at radius 2 is 2.00 bits per heavy atom. The summed E-state index contributed by atoms with van der Waals surface area (Å²) in [5.74, 6) is -1.32. The molecule has 0 aliphatic carbocycles. The zero-order valence-corrected chi connectivity index (χ0v) is 12.0. The van der Waals surface area contributed by atoms with Crippen LogP contribution in [0.2, 0.25) is 0 Å². The molecule has 4 nitrogen and oxygen atoms in total. The molecule has 0 aliphatic rings. The molecule has 22 heavy (non-hydrogen) atoms. The number of halogens is 1. The summed E-state index contributed by atoms with van der Waals surface area (Å²) in [6, 6.07) is 11.7. The summed E-state index contributed by atoms with van der Waals surface area (Å²) in [7, 11) is 0. The molecule has 0 saturated carbocycles. The van der Waals surface area contributed by atoms with E-state index in [1.165, 1.54) is 18.3 Å². The molecule has 0 aliphatic heterocycles. The zero-order chi connectivity index (χ0) is 15.7. The van der Waals surface area contributed by atoms with Gasteiger partial charge >= 0.3 is 0 Å². The molecule has 2 aromatic heterocycles. The van der Waals surface area contributed by atoms with Crippen molar-refractivity contribution < 1.29 is 9.18 Å². The van der Waals surface area contributed by atoms with Crippen LogP contribution in [-0.2, 0) is 0 Å². The fourth-order valence-electron chi connectivity index (χ4n) is 2.48. The van der Waals surface area contributed by atoms with Crippen molar-refractivity contribution in [1.29, 1.82) is 0 Å². The van der Waals surface area contributed by atoms with Gasteiger partial charge in [-0.1, -0.05) is 25.1 Å². The van der Waals surface area contributed by atoms with Gasteiger partial charge in [-0.2, -0.15) is 0 Å². The lowest BCUT2D eigenvalue weighted by molar-refractivity contribution is 0.100. The van der Waals surface area contributed by atoms with Crippen molar-refractivity contribution in [3.63, 3.8) is 0 Å². The number of nitrogens with two attached hydrogens (primary N) is 1. The number of fused-ring (bicyclic) bond motifs is 1. The van der Waals surface area contributed by atoms with Crippen LogP contribution in [0.1, 0.15) is 34.6 Å². The summed E-state index contributed by atoms with van der Waals surface area (Å²) in [4.78, 5) is 20.3. The number of para-hydroxylation sites is 1. The van der Waals surface area contributed by atoms with Gasteiger partial charge in [0.1, 0.15) is 5.82 Å². The third kappa shape index (κ3) is 2.41. The second kappa shape index (κ2) is 5.52. The van der Waals surface area contributed by atoms with Gasteiger partial charge in [0.25, 0.3) is 0 Å². The maximum absolute atomic E-state index is 13.9. The highest BCUT2D eigenvalue weighted by atomic mass is 19.1. The molecule has 2 heterocycles. The summed E-state index contributed by atoms with van der Waals surface area (Å²) in [5.41, 5.74) is 7.34. The zero-order valence-electron chi connectivity index (χ0n) is 12.0. The van der Waals surface area contributed by atoms with E-state index in [0.29, 0.717) is 27.9 Å². The van der Waals surface area contributed by atoms with Crippen molar-refractivity contribution in [3.05, 3.63) is 71.4 Å². The first-order chi connectivity index (χ1) is 10.6. The molecule has 3 aromatic rings. The first-order valence-corrected chi connectivity index (χ1v) is 6.88. The molecule has 5 heteroatoms. The van der Waals surface area contributed by atoms with Gasteiger partial charge in [0, 0.05) is 17.5 Å². The van der Waals surface area contributed by atoms with Crippen LogP contribution in [0.15, 0.2) is 48.7 Å². The number of nitrogens with zero attached hydrogens (tertiary/aromatic N) is 2. The van der Waals surface area contributed by atoms with Crippen molar-refractivity contribution >= 4 is 16.8 Å². The summed E-state index contributed by atoms with van der Waals surface area (Å²) < 4.78 is 13.9. The molecular formula is C17H14FN3O. The number of hydrogen-bond acceptors (Lipinski definition) is 3. The molecule has 0 radical (unpaired) electrons. The number of pyridine rings is 2. The number of benzene rings is 1. The minimum Gasteiger partial charge on any atom is -0.366 e. The van der Waals surface area contributed by atoms with Gasteiger partial charge in [0.05, 0.1) is 22.5 Å². The van der Waals surface area contributed by atoms with E-state index in [4.69, 9.17) is 5.73 Å². The average molecular weight is 295 g/mol. The number of hydrogen-bond donors (Lipinski definition) is 1. The highest BCUT2D eigenvalue weighted by Crippen LogP contribution is 2.27. The highest BCUT2D eigenvalue weighted by Gasteiger charge is 2.19. The maximum Gasteiger partial charge on any atom is 0.249 e. The quantitative estimate of drug-likeness (QED) is 0.807. The minimum atomic E-state index is -0.534. The predicted octanol–water partition coefficient (Wildman–Crippen LogP) is 3.02.